The lowest BCUT2D eigenvalue weighted by Crippen LogP contribution is -2.12. The summed E-state index contributed by atoms with van der Waals surface area (Å²) >= 11 is 1.27. The van der Waals surface area contributed by atoms with Crippen molar-refractivity contribution in [3.8, 4) is 28.4 Å². The number of esters is 1. The summed E-state index contributed by atoms with van der Waals surface area (Å²) in [7, 11) is 1.60. The molecule has 7 nitrogen and oxygen atoms in total. The van der Waals surface area contributed by atoms with Crippen molar-refractivity contribution < 1.29 is 28.5 Å². The Labute approximate surface area is 222 Å². The van der Waals surface area contributed by atoms with Gasteiger partial charge in [-0.25, -0.2) is 4.79 Å². The topological polar surface area (TPSA) is 83.1 Å². The molecule has 37 heavy (non-hydrogen) atoms. The van der Waals surface area contributed by atoms with E-state index in [0.29, 0.717) is 46.6 Å². The molecule has 3 aromatic rings. The first kappa shape index (κ1) is 27.8. The summed E-state index contributed by atoms with van der Waals surface area (Å²) in [6, 6.07) is 12.9. The van der Waals surface area contributed by atoms with Crippen LogP contribution in [0.15, 0.2) is 53.9 Å². The van der Waals surface area contributed by atoms with Gasteiger partial charge in [0.15, 0.2) is 11.5 Å². The van der Waals surface area contributed by atoms with E-state index in [4.69, 9.17) is 18.9 Å². The highest BCUT2D eigenvalue weighted by Crippen LogP contribution is 2.37. The Balaban J connectivity index is 1.79. The molecule has 8 heteroatoms. The Morgan fingerprint density at radius 3 is 2.43 bits per heavy atom. The zero-order chi connectivity index (χ0) is 26.6. The summed E-state index contributed by atoms with van der Waals surface area (Å²) in [6.45, 7) is 7.12. The smallest absolute Gasteiger partial charge is 0.341 e. The van der Waals surface area contributed by atoms with Crippen LogP contribution in [0.2, 0.25) is 0 Å². The first-order valence-electron chi connectivity index (χ1n) is 12.3. The molecule has 1 N–H and O–H groups in total. The molecule has 0 aliphatic rings. The van der Waals surface area contributed by atoms with E-state index < -0.39 is 5.97 Å². The normalized spacial score (nSPS) is 10.8. The van der Waals surface area contributed by atoms with Crippen LogP contribution in [0.5, 0.6) is 17.2 Å². The molecule has 0 aliphatic carbocycles. The molecule has 0 saturated heterocycles. The van der Waals surface area contributed by atoms with E-state index in [9.17, 15) is 9.59 Å². The monoisotopic (exact) mass is 523 g/mol. The van der Waals surface area contributed by atoms with Crippen molar-refractivity contribution in [1.82, 2.24) is 0 Å². The van der Waals surface area contributed by atoms with Gasteiger partial charge in [0.05, 0.1) is 26.9 Å². The van der Waals surface area contributed by atoms with Crippen molar-refractivity contribution >= 4 is 34.3 Å². The van der Waals surface area contributed by atoms with Gasteiger partial charge in [0.2, 0.25) is 5.91 Å². The van der Waals surface area contributed by atoms with E-state index in [2.05, 4.69) is 12.2 Å². The molecule has 196 valence electrons. The zero-order valence-electron chi connectivity index (χ0n) is 21.7. The second kappa shape index (κ2) is 14.1. The molecule has 3 rings (SSSR count). The van der Waals surface area contributed by atoms with Gasteiger partial charge in [-0.05, 0) is 61.7 Å². The Morgan fingerprint density at radius 2 is 1.76 bits per heavy atom. The van der Waals surface area contributed by atoms with Crippen LogP contribution in [0.1, 0.15) is 49.5 Å². The number of hydrogen-bond acceptors (Lipinski definition) is 7. The predicted molar refractivity (Wildman–Crippen MR) is 148 cm³/mol. The van der Waals surface area contributed by atoms with Crippen LogP contribution >= 0.6 is 11.3 Å². The maximum absolute atomic E-state index is 12.8. The van der Waals surface area contributed by atoms with Crippen molar-refractivity contribution in [3.05, 3.63) is 65.0 Å². The van der Waals surface area contributed by atoms with Crippen molar-refractivity contribution in [3.63, 3.8) is 0 Å². The SMILES string of the molecule is CCCCOc1ccc(/C=C/C(=O)Nc2scc(-c3ccc(OC)cc3)c2C(=O)OCC)cc1OCC. The van der Waals surface area contributed by atoms with E-state index >= 15 is 0 Å². The largest absolute Gasteiger partial charge is 0.497 e. The van der Waals surface area contributed by atoms with Crippen LogP contribution < -0.4 is 19.5 Å². The number of benzene rings is 2. The summed E-state index contributed by atoms with van der Waals surface area (Å²) in [5.41, 5.74) is 2.62. The van der Waals surface area contributed by atoms with Crippen LogP contribution in [0.25, 0.3) is 17.2 Å². The molecule has 0 saturated carbocycles. The van der Waals surface area contributed by atoms with Gasteiger partial charge < -0.3 is 24.3 Å². The number of anilines is 1. The molecule has 0 bridgehead atoms. The predicted octanol–water partition coefficient (Wildman–Crippen LogP) is 6.83. The average Bonchev–Trinajstić information content (AvgIpc) is 3.32. The van der Waals surface area contributed by atoms with Gasteiger partial charge in [-0.1, -0.05) is 31.5 Å². The highest BCUT2D eigenvalue weighted by molar-refractivity contribution is 7.15. The number of amides is 1. The van der Waals surface area contributed by atoms with Crippen molar-refractivity contribution in [2.45, 2.75) is 33.6 Å². The van der Waals surface area contributed by atoms with Gasteiger partial charge in [-0.15, -0.1) is 11.3 Å². The fourth-order valence-electron chi connectivity index (χ4n) is 3.51. The van der Waals surface area contributed by atoms with E-state index in [1.807, 2.05) is 54.8 Å². The van der Waals surface area contributed by atoms with Crippen LogP contribution in [-0.4, -0.2) is 38.8 Å². The van der Waals surface area contributed by atoms with E-state index in [0.717, 1.165) is 24.0 Å². The lowest BCUT2D eigenvalue weighted by molar-refractivity contribution is -0.111. The number of thiophene rings is 1. The molecule has 1 amide bonds. The maximum atomic E-state index is 12.8. The number of ether oxygens (including phenoxy) is 4. The fraction of sp³-hybridized carbons (Fsp3) is 0.310. The molecule has 2 aromatic carbocycles. The molecule has 0 fully saturated rings. The summed E-state index contributed by atoms with van der Waals surface area (Å²) in [6.07, 6.45) is 5.12. The summed E-state index contributed by atoms with van der Waals surface area (Å²) in [5.74, 6) is 1.17. The summed E-state index contributed by atoms with van der Waals surface area (Å²) in [5, 5.41) is 5.09. The van der Waals surface area contributed by atoms with Crippen LogP contribution in [0.3, 0.4) is 0 Å². The van der Waals surface area contributed by atoms with E-state index in [-0.39, 0.29) is 12.5 Å². The van der Waals surface area contributed by atoms with Crippen LogP contribution in [0, 0.1) is 0 Å². The number of nitrogens with one attached hydrogen (secondary N) is 1. The second-order valence-corrected chi connectivity index (χ2v) is 8.85. The number of methoxy groups -OCH3 is 1. The first-order chi connectivity index (χ1) is 18.0. The highest BCUT2D eigenvalue weighted by Gasteiger charge is 2.22. The minimum Gasteiger partial charge on any atom is -0.497 e. The molecule has 0 spiro atoms. The van der Waals surface area contributed by atoms with Gasteiger partial charge in [0.1, 0.15) is 16.3 Å². The van der Waals surface area contributed by atoms with Gasteiger partial charge in [0.25, 0.3) is 0 Å². The number of carbonyl (C=O) groups is 2. The Bertz CT molecular complexity index is 1220. The minimum absolute atomic E-state index is 0.227. The lowest BCUT2D eigenvalue weighted by atomic mass is 10.0. The second-order valence-electron chi connectivity index (χ2n) is 7.97. The molecular weight excluding hydrogens is 490 g/mol. The quantitative estimate of drug-likeness (QED) is 0.150. The van der Waals surface area contributed by atoms with Crippen molar-refractivity contribution in [2.24, 2.45) is 0 Å². The van der Waals surface area contributed by atoms with E-state index in [1.54, 1.807) is 20.1 Å². The van der Waals surface area contributed by atoms with E-state index in [1.165, 1.54) is 17.4 Å². The molecule has 1 aromatic heterocycles. The molecule has 0 radical (unpaired) electrons. The standard InChI is InChI=1S/C29H33NO6S/c1-5-8-17-36-24-15-9-20(18-25(24)34-6-2)10-16-26(31)30-28-27(29(32)35-7-3)23(19-37-28)21-11-13-22(33-4)14-12-21/h9-16,18-19H,5-8,17H2,1-4H3,(H,30,31)/b16-10+. The molecule has 1 heterocycles. The fourth-order valence-corrected chi connectivity index (χ4v) is 4.47. The molecular formula is C29H33NO6S. The molecule has 0 aliphatic heterocycles. The maximum Gasteiger partial charge on any atom is 0.341 e. The third kappa shape index (κ3) is 7.60. The average molecular weight is 524 g/mol. The van der Waals surface area contributed by atoms with Crippen LogP contribution in [0.4, 0.5) is 5.00 Å². The third-order valence-corrected chi connectivity index (χ3v) is 6.25. The highest BCUT2D eigenvalue weighted by atomic mass is 32.1. The number of rotatable bonds is 13. The molecule has 0 unspecified atom stereocenters. The number of hydrogen-bond donors (Lipinski definition) is 1. The number of carbonyl (C=O) groups excluding carboxylic acids is 2. The summed E-state index contributed by atoms with van der Waals surface area (Å²) < 4.78 is 22.0. The lowest BCUT2D eigenvalue weighted by Gasteiger charge is -2.12. The van der Waals surface area contributed by atoms with Crippen molar-refractivity contribution in [1.29, 1.82) is 0 Å². The Morgan fingerprint density at radius 1 is 0.973 bits per heavy atom. The van der Waals surface area contributed by atoms with Gasteiger partial charge >= 0.3 is 5.97 Å². The van der Waals surface area contributed by atoms with Gasteiger partial charge in [0, 0.05) is 17.0 Å². The van der Waals surface area contributed by atoms with Gasteiger partial charge in [-0.3, -0.25) is 4.79 Å². The minimum atomic E-state index is -0.492. The third-order valence-electron chi connectivity index (χ3n) is 5.36. The van der Waals surface area contributed by atoms with Crippen molar-refractivity contribution in [2.75, 3.05) is 32.2 Å². The first-order valence-corrected chi connectivity index (χ1v) is 13.2. The zero-order valence-corrected chi connectivity index (χ0v) is 22.5. The Kier molecular flexibility index (Phi) is 10.6. The van der Waals surface area contributed by atoms with Crippen LogP contribution in [-0.2, 0) is 9.53 Å². The number of unbranched alkanes of at least 4 members (excludes halogenated alkanes) is 1. The van der Waals surface area contributed by atoms with Gasteiger partial charge in [-0.2, -0.15) is 0 Å². The molecule has 0 atom stereocenters. The Hall–Kier alpha value is -3.78. The summed E-state index contributed by atoms with van der Waals surface area (Å²) in [4.78, 5) is 25.6.